The van der Waals surface area contributed by atoms with Crippen LogP contribution in [-0.2, 0) is 11.3 Å². The molecule has 40 heavy (non-hydrogen) atoms. The zero-order valence-electron chi connectivity index (χ0n) is 22.9. The largest absolute Gasteiger partial charge is 0.478 e. The van der Waals surface area contributed by atoms with Gasteiger partial charge in [-0.2, -0.15) is 0 Å². The Morgan fingerprint density at radius 1 is 0.900 bits per heavy atom. The zero-order valence-corrected chi connectivity index (χ0v) is 22.9. The van der Waals surface area contributed by atoms with Crippen molar-refractivity contribution in [2.75, 3.05) is 7.11 Å². The average molecular weight is 534 g/mol. The van der Waals surface area contributed by atoms with Crippen molar-refractivity contribution in [3.05, 3.63) is 112 Å². The summed E-state index contributed by atoms with van der Waals surface area (Å²) in [7, 11) is 1.39. The van der Waals surface area contributed by atoms with E-state index < -0.39 is 5.97 Å². The lowest BCUT2D eigenvalue weighted by molar-refractivity contribution is 0.0599. The zero-order chi connectivity index (χ0) is 27.6. The van der Waals surface area contributed by atoms with E-state index in [0.717, 1.165) is 48.6 Å². The number of hydrogen-bond donors (Lipinski definition) is 1. The minimum Gasteiger partial charge on any atom is -0.478 e. The van der Waals surface area contributed by atoms with Gasteiger partial charge in [-0.1, -0.05) is 67.4 Å². The second kappa shape index (κ2) is 11.2. The molecule has 0 radical (unpaired) electrons. The van der Waals surface area contributed by atoms with Crippen LogP contribution in [0.25, 0.3) is 16.5 Å². The average Bonchev–Trinajstić information content (AvgIpc) is 3.64. The normalized spacial score (nSPS) is 17.6. The van der Waals surface area contributed by atoms with Crippen LogP contribution in [0.2, 0.25) is 0 Å². The van der Waals surface area contributed by atoms with E-state index in [-0.39, 0.29) is 5.97 Å². The maximum absolute atomic E-state index is 12.0. The van der Waals surface area contributed by atoms with Gasteiger partial charge in [0.2, 0.25) is 0 Å². The van der Waals surface area contributed by atoms with Crippen LogP contribution in [0.15, 0.2) is 78.9 Å². The molecule has 1 saturated carbocycles. The number of fused-ring (bicyclic) bond motifs is 1. The Kier molecular flexibility index (Phi) is 7.29. The van der Waals surface area contributed by atoms with E-state index in [1.807, 2.05) is 24.3 Å². The molecule has 3 aromatic carbocycles. The minimum atomic E-state index is -0.913. The molecular formula is C35H35NO4. The molecule has 0 amide bonds. The predicted octanol–water partition coefficient (Wildman–Crippen LogP) is 8.18. The standard InChI is InChI=1S/C35H35NO4/c1-40-35(39)28-13-11-23(12-14-28)22-36-31-21-29(34(37)38)19-20-30(31)32(33(36)27-9-5-6-10-27)26-17-15-25(16-18-26)24-7-3-2-4-8-24/h2-4,7-8,11-14,17,19-21,25,27H,5-6,9-10,15-16,18,22H2,1H3,(H,37,38). The molecule has 4 aromatic rings. The fourth-order valence-corrected chi connectivity index (χ4v) is 6.77. The highest BCUT2D eigenvalue weighted by Gasteiger charge is 2.30. The summed E-state index contributed by atoms with van der Waals surface area (Å²) in [5.41, 5.74) is 8.32. The third kappa shape index (κ3) is 4.97. The number of methoxy groups -OCH3 is 1. The first-order chi connectivity index (χ1) is 19.5. The van der Waals surface area contributed by atoms with Crippen LogP contribution >= 0.6 is 0 Å². The maximum Gasteiger partial charge on any atom is 0.337 e. The summed E-state index contributed by atoms with van der Waals surface area (Å²) in [4.78, 5) is 24.0. The maximum atomic E-state index is 12.0. The molecule has 1 N–H and O–H groups in total. The molecule has 0 saturated heterocycles. The molecule has 0 spiro atoms. The van der Waals surface area contributed by atoms with E-state index >= 15 is 0 Å². The highest BCUT2D eigenvalue weighted by Crippen LogP contribution is 2.46. The van der Waals surface area contributed by atoms with Crippen LogP contribution in [0.4, 0.5) is 0 Å². The lowest BCUT2D eigenvalue weighted by atomic mass is 9.81. The molecule has 0 bridgehead atoms. The van der Waals surface area contributed by atoms with Crippen LogP contribution in [0.3, 0.4) is 0 Å². The number of carbonyl (C=O) groups is 2. The number of allylic oxidation sites excluding steroid dienone is 2. The first-order valence-electron chi connectivity index (χ1n) is 14.3. The minimum absolute atomic E-state index is 0.304. The number of carboxylic acids is 1. The van der Waals surface area contributed by atoms with Crippen LogP contribution in [0.5, 0.6) is 0 Å². The van der Waals surface area contributed by atoms with Gasteiger partial charge in [-0.3, -0.25) is 0 Å². The fourth-order valence-electron chi connectivity index (χ4n) is 6.77. The number of rotatable bonds is 7. The van der Waals surface area contributed by atoms with Crippen molar-refractivity contribution in [2.24, 2.45) is 0 Å². The molecule has 2 aliphatic rings. The van der Waals surface area contributed by atoms with Crippen molar-refractivity contribution in [1.82, 2.24) is 4.57 Å². The topological polar surface area (TPSA) is 68.5 Å². The Balaban J connectivity index is 1.47. The van der Waals surface area contributed by atoms with Gasteiger partial charge >= 0.3 is 11.9 Å². The number of aromatic nitrogens is 1. The van der Waals surface area contributed by atoms with Gasteiger partial charge in [-0.25, -0.2) is 9.59 Å². The summed E-state index contributed by atoms with van der Waals surface area (Å²) in [5, 5.41) is 11.0. The number of carbonyl (C=O) groups excluding carboxylic acids is 1. The molecule has 5 nitrogen and oxygen atoms in total. The number of ether oxygens (including phenoxy) is 1. The molecule has 6 rings (SSSR count). The van der Waals surface area contributed by atoms with Gasteiger partial charge in [0.15, 0.2) is 0 Å². The van der Waals surface area contributed by atoms with Crippen molar-refractivity contribution in [1.29, 1.82) is 0 Å². The van der Waals surface area contributed by atoms with E-state index in [1.54, 1.807) is 18.2 Å². The van der Waals surface area contributed by atoms with Gasteiger partial charge in [0.1, 0.15) is 0 Å². The summed E-state index contributed by atoms with van der Waals surface area (Å²) >= 11 is 0. The second-order valence-corrected chi connectivity index (χ2v) is 11.2. The lowest BCUT2D eigenvalue weighted by Gasteiger charge is -2.25. The Hall–Kier alpha value is -4.12. The Labute approximate surface area is 235 Å². The van der Waals surface area contributed by atoms with Crippen LogP contribution in [-0.4, -0.2) is 28.7 Å². The quantitative estimate of drug-likeness (QED) is 0.243. The number of benzene rings is 3. The SMILES string of the molecule is COC(=O)c1ccc(Cn2c(C3CCCC3)c(C3=CCC(c4ccccc4)CC3)c3ccc(C(=O)O)cc32)cc1. The molecule has 1 unspecified atom stereocenters. The first kappa shape index (κ1) is 26.1. The molecular weight excluding hydrogens is 498 g/mol. The molecule has 1 aromatic heterocycles. The van der Waals surface area contributed by atoms with Crippen molar-refractivity contribution in [2.45, 2.75) is 63.3 Å². The predicted molar refractivity (Wildman–Crippen MR) is 158 cm³/mol. The van der Waals surface area contributed by atoms with Crippen molar-refractivity contribution in [3.8, 4) is 0 Å². The van der Waals surface area contributed by atoms with Crippen molar-refractivity contribution in [3.63, 3.8) is 0 Å². The Bertz CT molecular complexity index is 1570. The third-order valence-corrected chi connectivity index (χ3v) is 8.81. The summed E-state index contributed by atoms with van der Waals surface area (Å²) in [6.07, 6.45) is 10.3. The molecule has 0 aliphatic heterocycles. The monoisotopic (exact) mass is 533 g/mol. The second-order valence-electron chi connectivity index (χ2n) is 11.2. The summed E-state index contributed by atoms with van der Waals surface area (Å²) in [5.74, 6) is -0.294. The molecule has 5 heteroatoms. The molecule has 204 valence electrons. The molecule has 1 heterocycles. The smallest absolute Gasteiger partial charge is 0.337 e. The molecule has 1 fully saturated rings. The van der Waals surface area contributed by atoms with Crippen LogP contribution in [0, 0.1) is 0 Å². The summed E-state index contributed by atoms with van der Waals surface area (Å²) in [6, 6.07) is 24.0. The highest BCUT2D eigenvalue weighted by molar-refractivity contribution is 6.00. The van der Waals surface area contributed by atoms with Gasteiger partial charge < -0.3 is 14.4 Å². The number of esters is 1. The highest BCUT2D eigenvalue weighted by atomic mass is 16.5. The van der Waals surface area contributed by atoms with Gasteiger partial charge in [-0.05, 0) is 84.9 Å². The van der Waals surface area contributed by atoms with Crippen LogP contribution < -0.4 is 0 Å². The number of nitrogens with zero attached hydrogens (tertiary/aromatic N) is 1. The lowest BCUT2D eigenvalue weighted by Crippen LogP contribution is -2.11. The Morgan fingerprint density at radius 2 is 1.62 bits per heavy atom. The number of hydrogen-bond acceptors (Lipinski definition) is 3. The molecule has 1 atom stereocenters. The van der Waals surface area contributed by atoms with Crippen LogP contribution in [0.1, 0.15) is 99.9 Å². The number of carboxylic acid groups (broad SMARTS) is 1. The van der Waals surface area contributed by atoms with Gasteiger partial charge in [0.05, 0.1) is 23.8 Å². The fraction of sp³-hybridized carbons (Fsp3) is 0.314. The van der Waals surface area contributed by atoms with E-state index in [1.165, 1.54) is 42.3 Å². The molecule has 2 aliphatic carbocycles. The summed E-state index contributed by atoms with van der Waals surface area (Å²) in [6.45, 7) is 0.618. The van der Waals surface area contributed by atoms with Crippen molar-refractivity contribution >= 4 is 28.4 Å². The number of aromatic carboxylic acids is 1. The van der Waals surface area contributed by atoms with E-state index in [9.17, 15) is 14.7 Å². The summed E-state index contributed by atoms with van der Waals surface area (Å²) < 4.78 is 7.24. The Morgan fingerprint density at radius 3 is 2.27 bits per heavy atom. The first-order valence-corrected chi connectivity index (χ1v) is 14.3. The van der Waals surface area contributed by atoms with E-state index in [2.05, 4.69) is 41.0 Å². The van der Waals surface area contributed by atoms with Crippen molar-refractivity contribution < 1.29 is 19.4 Å². The third-order valence-electron chi connectivity index (χ3n) is 8.81. The van der Waals surface area contributed by atoms with Gasteiger partial charge in [0.25, 0.3) is 0 Å². The van der Waals surface area contributed by atoms with Gasteiger partial charge in [0, 0.05) is 23.2 Å². The van der Waals surface area contributed by atoms with E-state index in [4.69, 9.17) is 4.74 Å². The van der Waals surface area contributed by atoms with Gasteiger partial charge in [-0.15, -0.1) is 0 Å². The van der Waals surface area contributed by atoms with E-state index in [0.29, 0.717) is 29.5 Å².